The third-order valence-corrected chi connectivity index (χ3v) is 5.94. The number of aryl methyl sites for hydroxylation is 2. The lowest BCUT2D eigenvalue weighted by Crippen LogP contribution is -2.41. The van der Waals surface area contributed by atoms with Gasteiger partial charge in [-0.05, 0) is 62.8 Å². The number of rotatable bonds is 8. The fourth-order valence-electron chi connectivity index (χ4n) is 2.32. The second-order valence-corrected chi connectivity index (χ2v) is 8.99. The molecule has 24 heavy (non-hydrogen) atoms. The lowest BCUT2D eigenvalue weighted by atomic mass is 10.0. The summed E-state index contributed by atoms with van der Waals surface area (Å²) in [6.07, 6.45) is 1.91. The molecule has 0 saturated carbocycles. The van der Waals surface area contributed by atoms with Crippen LogP contribution < -0.4 is 5.32 Å². The highest BCUT2D eigenvalue weighted by Crippen LogP contribution is 2.18. The van der Waals surface area contributed by atoms with Gasteiger partial charge in [0.05, 0.1) is 11.4 Å². The highest BCUT2D eigenvalue weighted by molar-refractivity contribution is 7.89. The summed E-state index contributed by atoms with van der Waals surface area (Å²) in [5, 5.41) is 2.87. The van der Waals surface area contributed by atoms with Crippen LogP contribution in [-0.4, -0.2) is 38.3 Å². The molecule has 1 N–H and O–H groups in total. The van der Waals surface area contributed by atoms with Gasteiger partial charge in [0, 0.05) is 13.1 Å². The molecule has 1 amide bonds. The summed E-state index contributed by atoms with van der Waals surface area (Å²) in [5.74, 6) is 0.304. The van der Waals surface area contributed by atoms with E-state index < -0.39 is 10.0 Å². The monoisotopic (exact) mass is 354 g/mol. The van der Waals surface area contributed by atoms with Crippen LogP contribution in [0.2, 0.25) is 0 Å². The average molecular weight is 355 g/mol. The fraction of sp³-hybridized carbons (Fsp3) is 0.611. The molecule has 5 nitrogen and oxygen atoms in total. The van der Waals surface area contributed by atoms with Crippen molar-refractivity contribution in [2.45, 2.75) is 58.4 Å². The van der Waals surface area contributed by atoms with E-state index in [2.05, 4.69) is 19.2 Å². The van der Waals surface area contributed by atoms with Crippen LogP contribution in [0.4, 0.5) is 0 Å². The van der Waals surface area contributed by atoms with Crippen molar-refractivity contribution >= 4 is 15.9 Å². The summed E-state index contributed by atoms with van der Waals surface area (Å²) in [6.45, 7) is 9.84. The van der Waals surface area contributed by atoms with E-state index in [1.807, 2.05) is 20.8 Å². The van der Waals surface area contributed by atoms with Crippen LogP contribution in [0.3, 0.4) is 0 Å². The maximum atomic E-state index is 12.6. The molecule has 1 aromatic carbocycles. The van der Waals surface area contributed by atoms with Gasteiger partial charge in [0.15, 0.2) is 0 Å². The van der Waals surface area contributed by atoms with Crippen LogP contribution in [0.1, 0.15) is 44.7 Å². The van der Waals surface area contributed by atoms with E-state index in [1.165, 1.54) is 7.05 Å². The standard InChI is InChI=1S/C18H30N2O3S/c1-13(2)7-9-16(5)19-18(21)12-20(6)24(22,23)17-10-8-14(3)15(4)11-17/h8,10-11,13,16H,7,9,12H2,1-6H3,(H,19,21). The number of nitrogens with zero attached hydrogens (tertiary/aromatic N) is 1. The van der Waals surface area contributed by atoms with Crippen molar-refractivity contribution in [1.82, 2.24) is 9.62 Å². The predicted octanol–water partition coefficient (Wildman–Crippen LogP) is 2.86. The first-order chi connectivity index (χ1) is 11.0. The number of benzene rings is 1. The first-order valence-corrected chi connectivity index (χ1v) is 9.81. The Morgan fingerprint density at radius 2 is 1.75 bits per heavy atom. The zero-order valence-electron chi connectivity index (χ0n) is 15.6. The van der Waals surface area contributed by atoms with Crippen molar-refractivity contribution in [1.29, 1.82) is 0 Å². The molecule has 0 aromatic heterocycles. The van der Waals surface area contributed by atoms with Gasteiger partial charge in [-0.3, -0.25) is 4.79 Å². The Morgan fingerprint density at radius 3 is 2.29 bits per heavy atom. The number of carbonyl (C=O) groups excluding carboxylic acids is 1. The number of amides is 1. The highest BCUT2D eigenvalue weighted by Gasteiger charge is 2.23. The summed E-state index contributed by atoms with van der Waals surface area (Å²) in [7, 11) is -2.23. The number of sulfonamides is 1. The summed E-state index contributed by atoms with van der Waals surface area (Å²) in [5.41, 5.74) is 1.95. The molecule has 136 valence electrons. The molecule has 0 bridgehead atoms. The van der Waals surface area contributed by atoms with Crippen LogP contribution >= 0.6 is 0 Å². The van der Waals surface area contributed by atoms with Crippen LogP contribution in [0.5, 0.6) is 0 Å². The molecule has 0 radical (unpaired) electrons. The largest absolute Gasteiger partial charge is 0.353 e. The van der Waals surface area contributed by atoms with E-state index in [4.69, 9.17) is 0 Å². The summed E-state index contributed by atoms with van der Waals surface area (Å²) >= 11 is 0. The molecule has 0 aliphatic heterocycles. The number of carbonyl (C=O) groups is 1. The van der Waals surface area contributed by atoms with Crippen molar-refractivity contribution in [2.24, 2.45) is 5.92 Å². The minimum Gasteiger partial charge on any atom is -0.353 e. The van der Waals surface area contributed by atoms with Gasteiger partial charge < -0.3 is 5.32 Å². The first kappa shape index (κ1) is 20.6. The van der Waals surface area contributed by atoms with Crippen LogP contribution in [0.25, 0.3) is 0 Å². The molecule has 0 aliphatic carbocycles. The van der Waals surface area contributed by atoms with Gasteiger partial charge in [0.1, 0.15) is 0 Å². The van der Waals surface area contributed by atoms with Gasteiger partial charge in [-0.25, -0.2) is 8.42 Å². The number of nitrogens with one attached hydrogen (secondary N) is 1. The molecule has 6 heteroatoms. The Morgan fingerprint density at radius 1 is 1.12 bits per heavy atom. The molecule has 1 atom stereocenters. The Balaban J connectivity index is 2.69. The first-order valence-electron chi connectivity index (χ1n) is 8.37. The normalized spacial score (nSPS) is 13.3. The van der Waals surface area contributed by atoms with Gasteiger partial charge in [-0.1, -0.05) is 19.9 Å². The quantitative estimate of drug-likeness (QED) is 0.780. The van der Waals surface area contributed by atoms with Crippen LogP contribution in [-0.2, 0) is 14.8 Å². The van der Waals surface area contributed by atoms with E-state index in [-0.39, 0.29) is 23.4 Å². The molecular weight excluding hydrogens is 324 g/mol. The Hall–Kier alpha value is -1.40. The second kappa shape index (κ2) is 8.62. The molecule has 1 aromatic rings. The Bertz CT molecular complexity index is 669. The molecule has 1 rings (SSSR count). The maximum Gasteiger partial charge on any atom is 0.243 e. The van der Waals surface area contributed by atoms with E-state index in [0.29, 0.717) is 5.92 Å². The maximum absolute atomic E-state index is 12.6. The molecule has 0 spiro atoms. The zero-order chi connectivity index (χ0) is 18.5. The molecular formula is C18H30N2O3S. The zero-order valence-corrected chi connectivity index (χ0v) is 16.4. The molecule has 0 aliphatic rings. The Labute approximate surface area is 146 Å². The van der Waals surface area contributed by atoms with E-state index in [1.54, 1.807) is 18.2 Å². The molecule has 1 unspecified atom stereocenters. The predicted molar refractivity (Wildman–Crippen MR) is 97.4 cm³/mol. The van der Waals surface area contributed by atoms with Gasteiger partial charge in [-0.2, -0.15) is 4.31 Å². The lowest BCUT2D eigenvalue weighted by molar-refractivity contribution is -0.121. The molecule has 0 heterocycles. The Kier molecular flexibility index (Phi) is 7.42. The van der Waals surface area contributed by atoms with Gasteiger partial charge in [-0.15, -0.1) is 0 Å². The molecule has 0 fully saturated rings. The van der Waals surface area contributed by atoms with Gasteiger partial charge in [0.2, 0.25) is 15.9 Å². The van der Waals surface area contributed by atoms with E-state index in [0.717, 1.165) is 28.3 Å². The van der Waals surface area contributed by atoms with Crippen molar-refractivity contribution in [3.63, 3.8) is 0 Å². The highest BCUT2D eigenvalue weighted by atomic mass is 32.2. The third-order valence-electron chi connectivity index (χ3n) is 4.14. The number of likely N-dealkylation sites (N-methyl/N-ethyl adjacent to an activating group) is 1. The second-order valence-electron chi connectivity index (χ2n) is 6.95. The summed E-state index contributed by atoms with van der Waals surface area (Å²) in [6, 6.07) is 5.05. The minimum absolute atomic E-state index is 0.0395. The fourth-order valence-corrected chi connectivity index (χ4v) is 3.53. The van der Waals surface area contributed by atoms with Crippen molar-refractivity contribution in [3.05, 3.63) is 29.3 Å². The van der Waals surface area contributed by atoms with Crippen molar-refractivity contribution < 1.29 is 13.2 Å². The van der Waals surface area contributed by atoms with Gasteiger partial charge in [0.25, 0.3) is 0 Å². The van der Waals surface area contributed by atoms with Gasteiger partial charge >= 0.3 is 0 Å². The average Bonchev–Trinajstić information content (AvgIpc) is 2.47. The molecule has 0 saturated heterocycles. The topological polar surface area (TPSA) is 66.5 Å². The number of hydrogen-bond acceptors (Lipinski definition) is 3. The van der Waals surface area contributed by atoms with Crippen LogP contribution in [0.15, 0.2) is 23.1 Å². The minimum atomic E-state index is -3.66. The van der Waals surface area contributed by atoms with E-state index >= 15 is 0 Å². The van der Waals surface area contributed by atoms with Crippen molar-refractivity contribution in [2.75, 3.05) is 13.6 Å². The summed E-state index contributed by atoms with van der Waals surface area (Å²) < 4.78 is 26.3. The summed E-state index contributed by atoms with van der Waals surface area (Å²) in [4.78, 5) is 12.3. The SMILES string of the molecule is Cc1ccc(S(=O)(=O)N(C)CC(=O)NC(C)CCC(C)C)cc1C. The van der Waals surface area contributed by atoms with Crippen molar-refractivity contribution in [3.8, 4) is 0 Å². The lowest BCUT2D eigenvalue weighted by Gasteiger charge is -2.20. The number of hydrogen-bond donors (Lipinski definition) is 1. The van der Waals surface area contributed by atoms with Crippen LogP contribution in [0, 0.1) is 19.8 Å². The smallest absolute Gasteiger partial charge is 0.243 e. The van der Waals surface area contributed by atoms with E-state index in [9.17, 15) is 13.2 Å². The third kappa shape index (κ3) is 5.91.